The fourth-order valence-corrected chi connectivity index (χ4v) is 7.99. The fraction of sp³-hybridized carbons (Fsp3) is 0.424. The van der Waals surface area contributed by atoms with Crippen molar-refractivity contribution < 1.29 is 17.6 Å². The first kappa shape index (κ1) is 31.8. The van der Waals surface area contributed by atoms with E-state index in [1.165, 1.54) is 6.26 Å². The van der Waals surface area contributed by atoms with Gasteiger partial charge in [-0.3, -0.25) is 9.10 Å². The van der Waals surface area contributed by atoms with Gasteiger partial charge in [0, 0.05) is 37.0 Å². The summed E-state index contributed by atoms with van der Waals surface area (Å²) in [6, 6.07) is 16.7. The maximum atomic E-state index is 14.2. The van der Waals surface area contributed by atoms with E-state index in [2.05, 4.69) is 11.0 Å². The summed E-state index contributed by atoms with van der Waals surface area (Å²) in [5, 5.41) is 0.949. The third kappa shape index (κ3) is 6.58. The van der Waals surface area contributed by atoms with E-state index >= 15 is 0 Å². The zero-order valence-corrected chi connectivity index (χ0v) is 27.4. The number of para-hydroxylation sites is 1. The first-order valence-corrected chi connectivity index (χ1v) is 17.2. The van der Waals surface area contributed by atoms with Gasteiger partial charge in [-0.05, 0) is 105 Å². The first-order valence-electron chi connectivity index (χ1n) is 14.6. The van der Waals surface area contributed by atoms with Crippen LogP contribution in [-0.2, 0) is 15.4 Å². The van der Waals surface area contributed by atoms with Crippen molar-refractivity contribution in [2.75, 3.05) is 50.3 Å². The number of likely N-dealkylation sites (tertiary alicyclic amines) is 1. The molecule has 43 heavy (non-hydrogen) atoms. The highest BCUT2D eigenvalue weighted by Gasteiger charge is 2.46. The molecule has 3 aromatic rings. The average molecular weight is 647 g/mol. The first-order chi connectivity index (χ1) is 20.3. The number of likely N-dealkylation sites (N-methyl/N-ethyl adjacent to an activating group) is 1. The van der Waals surface area contributed by atoms with Crippen LogP contribution < -0.4 is 4.31 Å². The van der Waals surface area contributed by atoms with Crippen LogP contribution in [0.2, 0.25) is 10.0 Å². The zero-order chi connectivity index (χ0) is 31.1. The number of nitrogens with zero attached hydrogens (tertiary/aromatic N) is 3. The highest BCUT2D eigenvalue weighted by Crippen LogP contribution is 2.48. The molecule has 0 bridgehead atoms. The van der Waals surface area contributed by atoms with Crippen LogP contribution in [0.5, 0.6) is 0 Å². The van der Waals surface area contributed by atoms with Gasteiger partial charge < -0.3 is 9.80 Å². The lowest BCUT2D eigenvalue weighted by Crippen LogP contribution is -2.46. The molecule has 1 saturated heterocycles. The van der Waals surface area contributed by atoms with Gasteiger partial charge in [0.1, 0.15) is 5.82 Å². The number of rotatable bonds is 8. The Morgan fingerprint density at radius 1 is 1.02 bits per heavy atom. The summed E-state index contributed by atoms with van der Waals surface area (Å²) in [6.45, 7) is 6.80. The summed E-state index contributed by atoms with van der Waals surface area (Å²) in [7, 11) is -1.59. The molecule has 2 aliphatic heterocycles. The molecule has 6 nitrogen and oxygen atoms in total. The third-order valence-corrected chi connectivity index (χ3v) is 11.0. The number of carbonyl (C=O) groups excluding carboxylic acids is 1. The SMILES string of the molecule is Cc1cc(C(=O)N(C)C[C@@H](CCN2CCC3(CC2)CN(S(C)(=O)=O)c2ccccc23)c2ccc(Cl)c(Cl)c2)cc(C)c1F. The molecule has 1 amide bonds. The molecule has 3 aromatic carbocycles. The molecular formula is C33H38Cl2FN3O3S. The van der Waals surface area contributed by atoms with Crippen LogP contribution in [0, 0.1) is 19.7 Å². The topological polar surface area (TPSA) is 60.9 Å². The monoisotopic (exact) mass is 645 g/mol. The molecule has 1 fully saturated rings. The second-order valence-corrected chi connectivity index (χ2v) is 14.9. The van der Waals surface area contributed by atoms with Crippen LogP contribution in [0.4, 0.5) is 10.1 Å². The Morgan fingerprint density at radius 3 is 2.30 bits per heavy atom. The number of benzene rings is 3. The van der Waals surface area contributed by atoms with Crippen molar-refractivity contribution in [3.8, 4) is 0 Å². The molecule has 2 aliphatic rings. The Bertz CT molecular complexity index is 1620. The smallest absolute Gasteiger partial charge is 0.253 e. The summed E-state index contributed by atoms with van der Waals surface area (Å²) in [4.78, 5) is 17.5. The maximum Gasteiger partial charge on any atom is 0.253 e. The number of aryl methyl sites for hydroxylation is 2. The van der Waals surface area contributed by atoms with Crippen LogP contribution >= 0.6 is 23.2 Å². The van der Waals surface area contributed by atoms with Gasteiger partial charge >= 0.3 is 0 Å². The Labute approximate surface area is 264 Å². The predicted molar refractivity (Wildman–Crippen MR) is 173 cm³/mol. The van der Waals surface area contributed by atoms with E-state index in [9.17, 15) is 17.6 Å². The molecule has 0 aliphatic carbocycles. The van der Waals surface area contributed by atoms with Gasteiger partial charge in [0.05, 0.1) is 22.0 Å². The van der Waals surface area contributed by atoms with Crippen molar-refractivity contribution in [3.63, 3.8) is 0 Å². The molecule has 230 valence electrons. The number of anilines is 1. The Kier molecular flexibility index (Phi) is 9.15. The number of piperidine rings is 1. The molecule has 0 saturated carbocycles. The minimum atomic E-state index is -3.36. The molecular weight excluding hydrogens is 608 g/mol. The second kappa shape index (κ2) is 12.4. The quantitative estimate of drug-likeness (QED) is 0.270. The Balaban J connectivity index is 1.29. The summed E-state index contributed by atoms with van der Waals surface area (Å²) >= 11 is 12.6. The van der Waals surface area contributed by atoms with Crippen molar-refractivity contribution in [2.45, 2.75) is 44.4 Å². The molecule has 5 rings (SSSR count). The summed E-state index contributed by atoms with van der Waals surface area (Å²) in [5.41, 5.74) is 4.11. The minimum Gasteiger partial charge on any atom is -0.341 e. The Hall–Kier alpha value is -2.65. The lowest BCUT2D eigenvalue weighted by molar-refractivity contribution is 0.0780. The number of carbonyl (C=O) groups is 1. The number of sulfonamides is 1. The van der Waals surface area contributed by atoms with Crippen molar-refractivity contribution in [2.24, 2.45) is 0 Å². The molecule has 0 aromatic heterocycles. The van der Waals surface area contributed by atoms with Crippen LogP contribution in [0.3, 0.4) is 0 Å². The highest BCUT2D eigenvalue weighted by atomic mass is 35.5. The normalized spacial score (nSPS) is 17.2. The van der Waals surface area contributed by atoms with Gasteiger partial charge in [0.25, 0.3) is 5.91 Å². The Morgan fingerprint density at radius 2 is 1.67 bits per heavy atom. The molecule has 0 radical (unpaired) electrons. The van der Waals surface area contributed by atoms with Crippen molar-refractivity contribution in [3.05, 3.63) is 98.3 Å². The molecule has 1 spiro atoms. The number of hydrogen-bond acceptors (Lipinski definition) is 4. The van der Waals surface area contributed by atoms with E-state index in [-0.39, 0.29) is 23.1 Å². The van der Waals surface area contributed by atoms with Gasteiger partial charge in [0.2, 0.25) is 10.0 Å². The van der Waals surface area contributed by atoms with Crippen LogP contribution in [-0.4, -0.2) is 70.2 Å². The average Bonchev–Trinajstić information content (AvgIpc) is 3.30. The zero-order valence-electron chi connectivity index (χ0n) is 25.0. The van der Waals surface area contributed by atoms with Gasteiger partial charge in [-0.1, -0.05) is 47.5 Å². The lowest BCUT2D eigenvalue weighted by Gasteiger charge is -2.40. The van der Waals surface area contributed by atoms with Crippen LogP contribution in [0.1, 0.15) is 57.8 Å². The number of amides is 1. The summed E-state index contributed by atoms with van der Waals surface area (Å²) in [5.74, 6) is -0.456. The fourth-order valence-electron chi connectivity index (χ4n) is 6.68. The van der Waals surface area contributed by atoms with Crippen LogP contribution in [0.15, 0.2) is 54.6 Å². The minimum absolute atomic E-state index is 0.00446. The van der Waals surface area contributed by atoms with Crippen molar-refractivity contribution in [1.82, 2.24) is 9.80 Å². The van der Waals surface area contributed by atoms with Crippen LogP contribution in [0.25, 0.3) is 0 Å². The van der Waals surface area contributed by atoms with E-state index in [4.69, 9.17) is 23.2 Å². The molecule has 1 atom stereocenters. The van der Waals surface area contributed by atoms with E-state index < -0.39 is 10.0 Å². The molecule has 10 heteroatoms. The standard InChI is InChI=1S/C33H38Cl2FN3O3S/c1-22-17-26(18-23(2)31(22)36)32(40)37(3)20-25(24-9-10-28(34)29(35)19-24)11-14-38-15-12-33(13-16-38)21-39(43(4,41)42)30-8-6-5-7-27(30)33/h5-10,17-19,25H,11-16,20-21H2,1-4H3/t25-/m1/s1. The van der Waals surface area contributed by atoms with Gasteiger partial charge in [-0.2, -0.15) is 0 Å². The van der Waals surface area contributed by atoms with E-state index in [1.54, 1.807) is 48.3 Å². The van der Waals surface area contributed by atoms with Gasteiger partial charge in [-0.25, -0.2) is 12.8 Å². The second-order valence-electron chi connectivity index (χ2n) is 12.2. The predicted octanol–water partition coefficient (Wildman–Crippen LogP) is 6.81. The number of hydrogen-bond donors (Lipinski definition) is 0. The van der Waals surface area contributed by atoms with E-state index in [0.29, 0.717) is 39.8 Å². The van der Waals surface area contributed by atoms with E-state index in [0.717, 1.165) is 55.7 Å². The molecule has 0 unspecified atom stereocenters. The van der Waals surface area contributed by atoms with Gasteiger partial charge in [-0.15, -0.1) is 0 Å². The number of halogens is 3. The lowest BCUT2D eigenvalue weighted by atomic mass is 9.74. The number of fused-ring (bicyclic) bond motifs is 2. The van der Waals surface area contributed by atoms with Crippen molar-refractivity contribution >= 4 is 44.8 Å². The third-order valence-electron chi connectivity index (χ3n) is 9.14. The summed E-state index contributed by atoms with van der Waals surface area (Å²) in [6.07, 6.45) is 3.81. The highest BCUT2D eigenvalue weighted by molar-refractivity contribution is 7.92. The maximum absolute atomic E-state index is 14.2. The molecule has 2 heterocycles. The summed E-state index contributed by atoms with van der Waals surface area (Å²) < 4.78 is 40.9. The van der Waals surface area contributed by atoms with Crippen molar-refractivity contribution in [1.29, 1.82) is 0 Å². The largest absolute Gasteiger partial charge is 0.341 e. The van der Waals surface area contributed by atoms with E-state index in [1.807, 2.05) is 30.3 Å². The van der Waals surface area contributed by atoms with Gasteiger partial charge in [0.15, 0.2) is 0 Å². The molecule has 0 N–H and O–H groups in total.